The van der Waals surface area contributed by atoms with Crippen molar-refractivity contribution in [3.63, 3.8) is 0 Å². The van der Waals surface area contributed by atoms with Crippen LogP contribution in [0.2, 0.25) is 0 Å². The van der Waals surface area contributed by atoms with E-state index in [0.717, 1.165) is 24.2 Å². The molecule has 0 amide bonds. The van der Waals surface area contributed by atoms with Gasteiger partial charge in [-0.05, 0) is 19.4 Å². The molecule has 0 saturated carbocycles. The average molecular weight is 208 g/mol. The molecule has 1 aromatic rings. The highest BCUT2D eigenvalue weighted by molar-refractivity contribution is 5.46. The molecule has 0 radical (unpaired) electrons. The van der Waals surface area contributed by atoms with Gasteiger partial charge in [0.15, 0.2) is 0 Å². The number of aliphatic hydroxyl groups excluding tert-OH is 1. The summed E-state index contributed by atoms with van der Waals surface area (Å²) in [6.07, 6.45) is 4.06. The Labute approximate surface area is 91.8 Å². The molecule has 0 aliphatic carbocycles. The lowest BCUT2D eigenvalue weighted by atomic mass is 10.1. The van der Waals surface area contributed by atoms with Gasteiger partial charge in [-0.2, -0.15) is 0 Å². The molecule has 0 aromatic carbocycles. The number of rotatable bonds is 5. The predicted molar refractivity (Wildman–Crippen MR) is 62.9 cm³/mol. The van der Waals surface area contributed by atoms with E-state index in [4.69, 9.17) is 0 Å². The zero-order valence-electron chi connectivity index (χ0n) is 9.77. The van der Waals surface area contributed by atoms with Crippen LogP contribution < -0.4 is 4.90 Å². The fourth-order valence-corrected chi connectivity index (χ4v) is 1.69. The highest BCUT2D eigenvalue weighted by Gasteiger charge is 2.13. The topological polar surface area (TPSA) is 36.4 Å². The van der Waals surface area contributed by atoms with Gasteiger partial charge in [0.2, 0.25) is 0 Å². The van der Waals surface area contributed by atoms with E-state index in [1.54, 1.807) is 6.20 Å². The molecule has 3 nitrogen and oxygen atoms in total. The van der Waals surface area contributed by atoms with E-state index in [9.17, 15) is 5.11 Å². The van der Waals surface area contributed by atoms with Crippen LogP contribution in [0.25, 0.3) is 0 Å². The van der Waals surface area contributed by atoms with Crippen molar-refractivity contribution in [1.29, 1.82) is 0 Å². The van der Waals surface area contributed by atoms with Gasteiger partial charge in [-0.15, -0.1) is 0 Å². The van der Waals surface area contributed by atoms with Crippen LogP contribution in [0.5, 0.6) is 0 Å². The van der Waals surface area contributed by atoms with Crippen LogP contribution in [0.15, 0.2) is 18.3 Å². The first-order valence-corrected chi connectivity index (χ1v) is 5.48. The third-order valence-electron chi connectivity index (χ3n) is 2.74. The number of hydrogen-bond donors (Lipinski definition) is 1. The first-order chi connectivity index (χ1) is 7.20. The van der Waals surface area contributed by atoms with Crippen LogP contribution in [0, 0.1) is 0 Å². The quantitative estimate of drug-likeness (QED) is 0.806. The summed E-state index contributed by atoms with van der Waals surface area (Å²) in [5.74, 6) is 0.890. The van der Waals surface area contributed by atoms with Crippen LogP contribution in [-0.4, -0.2) is 23.2 Å². The summed E-state index contributed by atoms with van der Waals surface area (Å²) in [6, 6.07) is 4.22. The Morgan fingerprint density at radius 1 is 1.53 bits per heavy atom. The minimum atomic E-state index is 0.0480. The minimum absolute atomic E-state index is 0.0480. The number of pyridine rings is 1. The first-order valence-electron chi connectivity index (χ1n) is 5.48. The van der Waals surface area contributed by atoms with Crippen LogP contribution in [-0.2, 0) is 6.61 Å². The smallest absolute Gasteiger partial charge is 0.134 e. The van der Waals surface area contributed by atoms with Gasteiger partial charge in [0.1, 0.15) is 5.82 Å². The highest BCUT2D eigenvalue weighted by atomic mass is 16.3. The van der Waals surface area contributed by atoms with Crippen molar-refractivity contribution in [3.05, 3.63) is 23.9 Å². The zero-order valence-corrected chi connectivity index (χ0v) is 9.77. The van der Waals surface area contributed by atoms with Gasteiger partial charge in [0.05, 0.1) is 6.61 Å². The number of anilines is 1. The lowest BCUT2D eigenvalue weighted by Gasteiger charge is -2.27. The van der Waals surface area contributed by atoms with Gasteiger partial charge >= 0.3 is 0 Å². The summed E-state index contributed by atoms with van der Waals surface area (Å²) >= 11 is 0. The summed E-state index contributed by atoms with van der Waals surface area (Å²) in [4.78, 5) is 6.45. The third kappa shape index (κ3) is 2.93. The molecule has 15 heavy (non-hydrogen) atoms. The molecule has 1 N–H and O–H groups in total. The Kier molecular flexibility index (Phi) is 4.56. The fourth-order valence-electron chi connectivity index (χ4n) is 1.69. The van der Waals surface area contributed by atoms with Crippen molar-refractivity contribution in [2.75, 3.05) is 11.9 Å². The standard InChI is InChI=1S/C12H20N2O/c1-4-6-10(2)14(3)12-11(9-15)7-5-8-13-12/h5,7-8,10,15H,4,6,9H2,1-3H3. The maximum atomic E-state index is 9.21. The lowest BCUT2D eigenvalue weighted by molar-refractivity contribution is 0.281. The van der Waals surface area contributed by atoms with Gasteiger partial charge in [-0.3, -0.25) is 0 Å². The van der Waals surface area contributed by atoms with E-state index in [2.05, 4.69) is 23.7 Å². The molecule has 3 heteroatoms. The summed E-state index contributed by atoms with van der Waals surface area (Å²) in [5, 5.41) is 9.21. The molecule has 1 unspecified atom stereocenters. The lowest BCUT2D eigenvalue weighted by Crippen LogP contribution is -2.30. The van der Waals surface area contributed by atoms with Crippen LogP contribution in [0.4, 0.5) is 5.82 Å². The molecule has 0 spiro atoms. The molecule has 1 aromatic heterocycles. The summed E-state index contributed by atoms with van der Waals surface area (Å²) in [7, 11) is 2.03. The van der Waals surface area contributed by atoms with Gasteiger partial charge in [0.25, 0.3) is 0 Å². The van der Waals surface area contributed by atoms with Gasteiger partial charge in [0, 0.05) is 24.8 Å². The summed E-state index contributed by atoms with van der Waals surface area (Å²) in [5.41, 5.74) is 0.892. The van der Waals surface area contributed by atoms with Crippen molar-refractivity contribution in [3.8, 4) is 0 Å². The monoisotopic (exact) mass is 208 g/mol. The Morgan fingerprint density at radius 2 is 2.27 bits per heavy atom. The largest absolute Gasteiger partial charge is 0.392 e. The molecule has 0 bridgehead atoms. The zero-order chi connectivity index (χ0) is 11.3. The molecule has 1 heterocycles. The van der Waals surface area contributed by atoms with E-state index in [1.807, 2.05) is 19.2 Å². The Balaban J connectivity index is 2.84. The SMILES string of the molecule is CCCC(C)N(C)c1ncccc1CO. The van der Waals surface area contributed by atoms with E-state index in [-0.39, 0.29) is 6.61 Å². The van der Waals surface area contributed by atoms with Crippen molar-refractivity contribution in [1.82, 2.24) is 4.98 Å². The number of aromatic nitrogens is 1. The molecule has 1 rings (SSSR count). The molecule has 0 aliphatic heterocycles. The Morgan fingerprint density at radius 3 is 2.87 bits per heavy atom. The van der Waals surface area contributed by atoms with Crippen molar-refractivity contribution in [2.45, 2.75) is 39.3 Å². The van der Waals surface area contributed by atoms with Crippen LogP contribution in [0.1, 0.15) is 32.3 Å². The normalized spacial score (nSPS) is 12.5. The highest BCUT2D eigenvalue weighted by Crippen LogP contribution is 2.19. The van der Waals surface area contributed by atoms with E-state index < -0.39 is 0 Å². The summed E-state index contributed by atoms with van der Waals surface area (Å²) < 4.78 is 0. The number of hydrogen-bond acceptors (Lipinski definition) is 3. The summed E-state index contributed by atoms with van der Waals surface area (Å²) in [6.45, 7) is 4.40. The Hall–Kier alpha value is -1.09. The average Bonchev–Trinajstić information content (AvgIpc) is 2.28. The van der Waals surface area contributed by atoms with E-state index >= 15 is 0 Å². The van der Waals surface area contributed by atoms with E-state index in [0.29, 0.717) is 6.04 Å². The number of nitrogens with zero attached hydrogens (tertiary/aromatic N) is 2. The second-order valence-electron chi connectivity index (χ2n) is 3.89. The van der Waals surface area contributed by atoms with Gasteiger partial charge < -0.3 is 10.0 Å². The second kappa shape index (κ2) is 5.71. The molecule has 0 saturated heterocycles. The van der Waals surface area contributed by atoms with Crippen molar-refractivity contribution >= 4 is 5.82 Å². The minimum Gasteiger partial charge on any atom is -0.392 e. The maximum absolute atomic E-state index is 9.21. The molecule has 1 atom stereocenters. The first kappa shape index (κ1) is 12.0. The molecular formula is C12H20N2O. The van der Waals surface area contributed by atoms with Crippen LogP contribution in [0.3, 0.4) is 0 Å². The van der Waals surface area contributed by atoms with Gasteiger partial charge in [-0.1, -0.05) is 19.4 Å². The second-order valence-corrected chi connectivity index (χ2v) is 3.89. The predicted octanol–water partition coefficient (Wildman–Crippen LogP) is 2.20. The van der Waals surface area contributed by atoms with Crippen LogP contribution >= 0.6 is 0 Å². The van der Waals surface area contributed by atoms with Gasteiger partial charge in [-0.25, -0.2) is 4.98 Å². The molecular weight excluding hydrogens is 188 g/mol. The molecule has 84 valence electrons. The third-order valence-corrected chi connectivity index (χ3v) is 2.74. The fraction of sp³-hybridized carbons (Fsp3) is 0.583. The van der Waals surface area contributed by atoms with Crippen molar-refractivity contribution in [2.24, 2.45) is 0 Å². The van der Waals surface area contributed by atoms with E-state index in [1.165, 1.54) is 0 Å². The Bertz CT molecular complexity index is 301. The van der Waals surface area contributed by atoms with Crippen molar-refractivity contribution < 1.29 is 5.11 Å². The molecule has 0 aliphatic rings. The molecule has 0 fully saturated rings. The maximum Gasteiger partial charge on any atom is 0.134 e. The number of aliphatic hydroxyl groups is 1.